The molecule has 0 atom stereocenters. The summed E-state index contributed by atoms with van der Waals surface area (Å²) in [6.07, 6.45) is 1.08. The molecule has 0 aliphatic rings. The van der Waals surface area contributed by atoms with E-state index in [1.807, 2.05) is 0 Å². The largest absolute Gasteiger partial charge is 0.490 e. The molecule has 128 valence electrons. The van der Waals surface area contributed by atoms with E-state index < -0.39 is 22.3 Å². The molecule has 11 nitrogen and oxygen atoms in total. The first-order chi connectivity index (χ1) is 12.0. The van der Waals surface area contributed by atoms with Crippen molar-refractivity contribution < 1.29 is 9.72 Å². The minimum Gasteiger partial charge on any atom is -0.390 e. The van der Waals surface area contributed by atoms with Crippen LogP contribution in [0.15, 0.2) is 35.4 Å². The van der Waals surface area contributed by atoms with E-state index in [4.69, 9.17) is 12.2 Å². The molecule has 2 N–H and O–H groups in total. The molecule has 3 rings (SSSR count). The van der Waals surface area contributed by atoms with E-state index in [2.05, 4.69) is 20.5 Å². The Bertz CT molecular complexity index is 1080. The fourth-order valence-electron chi connectivity index (χ4n) is 2.14. The molecule has 0 radical (unpaired) electrons. The van der Waals surface area contributed by atoms with Crippen LogP contribution in [0.2, 0.25) is 0 Å². The van der Waals surface area contributed by atoms with Gasteiger partial charge in [-0.1, -0.05) is 17.1 Å². The fourth-order valence-corrected chi connectivity index (χ4v) is 2.38. The summed E-state index contributed by atoms with van der Waals surface area (Å²) in [5.74, 6) is -1.05. The number of nitro groups is 1. The molecule has 1 aromatic carbocycles. The monoisotopic (exact) mass is 361 g/mol. The number of carbonyl (C=O) groups is 1. The highest BCUT2D eigenvalue weighted by Crippen LogP contribution is 2.05. The van der Waals surface area contributed by atoms with Crippen LogP contribution in [-0.4, -0.2) is 35.3 Å². The lowest BCUT2D eigenvalue weighted by atomic mass is 10.2. The average Bonchev–Trinajstić information content (AvgIpc) is 3.06. The number of nitrogens with one attached hydrogen (secondary N) is 2. The zero-order valence-corrected chi connectivity index (χ0v) is 13.4. The highest BCUT2D eigenvalue weighted by Gasteiger charge is 2.14. The summed E-state index contributed by atoms with van der Waals surface area (Å²) < 4.78 is 2.17. The van der Waals surface area contributed by atoms with Crippen molar-refractivity contribution in [1.82, 2.24) is 24.4 Å². The summed E-state index contributed by atoms with van der Waals surface area (Å²) in [5.41, 5.74) is 2.52. The molecule has 12 heteroatoms. The Hall–Kier alpha value is -3.41. The summed E-state index contributed by atoms with van der Waals surface area (Å²) in [6.45, 7) is 0.0610. The van der Waals surface area contributed by atoms with E-state index >= 15 is 0 Å². The number of aromatic nitrogens is 5. The molecule has 0 aliphatic carbocycles. The molecular weight excluding hydrogens is 350 g/mol. The lowest BCUT2D eigenvalue weighted by molar-refractivity contribution is -0.394. The number of para-hydroxylation sites is 1. The van der Waals surface area contributed by atoms with E-state index in [-0.39, 0.29) is 17.7 Å². The molecule has 3 aromatic rings. The van der Waals surface area contributed by atoms with Gasteiger partial charge in [-0.2, -0.15) is 9.36 Å². The lowest BCUT2D eigenvalue weighted by Gasteiger charge is -2.09. The van der Waals surface area contributed by atoms with Gasteiger partial charge in [0.05, 0.1) is 17.4 Å². The van der Waals surface area contributed by atoms with E-state index in [0.29, 0.717) is 10.9 Å². The van der Waals surface area contributed by atoms with Crippen molar-refractivity contribution in [3.63, 3.8) is 0 Å². The van der Waals surface area contributed by atoms with Crippen molar-refractivity contribution in [1.29, 1.82) is 0 Å². The lowest BCUT2D eigenvalue weighted by Crippen LogP contribution is -2.34. The number of benzene rings is 1. The Morgan fingerprint density at radius 1 is 1.40 bits per heavy atom. The van der Waals surface area contributed by atoms with Gasteiger partial charge in [0.1, 0.15) is 0 Å². The third-order valence-electron chi connectivity index (χ3n) is 3.30. The second-order valence-corrected chi connectivity index (χ2v) is 5.35. The quantitative estimate of drug-likeness (QED) is 0.387. The summed E-state index contributed by atoms with van der Waals surface area (Å²) in [4.78, 5) is 40.6. The summed E-state index contributed by atoms with van der Waals surface area (Å²) >= 11 is 5.09. The Kier molecular flexibility index (Phi) is 4.35. The van der Waals surface area contributed by atoms with Crippen LogP contribution in [0.3, 0.4) is 0 Å². The molecule has 0 aliphatic heterocycles. The Balaban J connectivity index is 1.74. The third kappa shape index (κ3) is 3.42. The predicted molar refractivity (Wildman–Crippen MR) is 89.1 cm³/mol. The van der Waals surface area contributed by atoms with Gasteiger partial charge >= 0.3 is 5.95 Å². The van der Waals surface area contributed by atoms with Gasteiger partial charge in [-0.05, 0) is 29.3 Å². The molecule has 0 saturated carbocycles. The maximum Gasteiger partial charge on any atom is 0.490 e. The number of nitrogens with zero attached hydrogens (tertiary/aromatic N) is 5. The van der Waals surface area contributed by atoms with Crippen LogP contribution in [0, 0.1) is 14.9 Å². The van der Waals surface area contributed by atoms with Crippen LogP contribution in [0.5, 0.6) is 0 Å². The molecule has 25 heavy (non-hydrogen) atoms. The zero-order chi connectivity index (χ0) is 18.0. The molecule has 2 aromatic heterocycles. The standard InChI is InChI=1S/C13H11N7O4S/c21-10(5-6-18-7-14-12(17-18)20(23)24)16-19-11(22)8-3-1-2-4-9(8)15-13(19)25/h1-4,7H,5-6H2,(H,15,25)(H,16,21). The SMILES string of the molecule is O=C(CCn1cnc([N+](=O)[O-])n1)Nn1c(=S)[nH]c2ccccc2c1=O. The summed E-state index contributed by atoms with van der Waals surface area (Å²) in [6, 6.07) is 6.77. The first kappa shape index (κ1) is 16.4. The van der Waals surface area contributed by atoms with Gasteiger partial charge in [0.2, 0.25) is 12.2 Å². The third-order valence-corrected chi connectivity index (χ3v) is 3.58. The van der Waals surface area contributed by atoms with E-state index in [0.717, 1.165) is 11.0 Å². The van der Waals surface area contributed by atoms with Crippen molar-refractivity contribution in [2.75, 3.05) is 5.43 Å². The zero-order valence-electron chi connectivity index (χ0n) is 12.6. The van der Waals surface area contributed by atoms with Gasteiger partial charge in [-0.25, -0.2) is 0 Å². The van der Waals surface area contributed by atoms with Crippen LogP contribution in [0.1, 0.15) is 6.42 Å². The molecule has 1 amide bonds. The first-order valence-corrected chi connectivity index (χ1v) is 7.44. The molecule has 0 saturated heterocycles. The van der Waals surface area contributed by atoms with Gasteiger partial charge in [0.25, 0.3) is 5.56 Å². The number of amides is 1. The first-order valence-electron chi connectivity index (χ1n) is 7.03. The van der Waals surface area contributed by atoms with Gasteiger partial charge in [0, 0.05) is 11.5 Å². The second-order valence-electron chi connectivity index (χ2n) is 4.97. The molecule has 2 heterocycles. The molecule has 0 fully saturated rings. The highest BCUT2D eigenvalue weighted by atomic mass is 32.1. The minimum atomic E-state index is -0.732. The minimum absolute atomic E-state index is 0.0495. The molecule has 0 spiro atoms. The number of aryl methyl sites for hydroxylation is 1. The maximum atomic E-state index is 12.4. The van der Waals surface area contributed by atoms with Crippen molar-refractivity contribution in [2.45, 2.75) is 13.0 Å². The van der Waals surface area contributed by atoms with Gasteiger partial charge in [-0.3, -0.25) is 15.0 Å². The normalized spacial score (nSPS) is 10.7. The summed E-state index contributed by atoms with van der Waals surface area (Å²) in [7, 11) is 0. The van der Waals surface area contributed by atoms with Crippen molar-refractivity contribution in [3.05, 3.63) is 55.8 Å². The number of hydrogen-bond acceptors (Lipinski definition) is 7. The maximum absolute atomic E-state index is 12.4. The topological polar surface area (TPSA) is 141 Å². The van der Waals surface area contributed by atoms with Gasteiger partial charge < -0.3 is 15.1 Å². The van der Waals surface area contributed by atoms with Crippen LogP contribution in [-0.2, 0) is 11.3 Å². The Morgan fingerprint density at radius 3 is 2.88 bits per heavy atom. The van der Waals surface area contributed by atoms with Gasteiger partial charge in [0.15, 0.2) is 4.77 Å². The predicted octanol–water partition coefficient (Wildman–Crippen LogP) is 0.719. The molecule has 0 unspecified atom stereocenters. The van der Waals surface area contributed by atoms with Crippen LogP contribution in [0.25, 0.3) is 10.9 Å². The number of H-pyrrole nitrogens is 1. The fraction of sp³-hybridized carbons (Fsp3) is 0.154. The van der Waals surface area contributed by atoms with Gasteiger partial charge in [-0.15, -0.1) is 0 Å². The number of rotatable bonds is 5. The Morgan fingerprint density at radius 2 is 2.16 bits per heavy atom. The second kappa shape index (κ2) is 6.60. The number of fused-ring (bicyclic) bond motifs is 1. The van der Waals surface area contributed by atoms with E-state index in [9.17, 15) is 19.7 Å². The Labute approximate surface area is 144 Å². The molecular formula is C13H11N7O4S. The van der Waals surface area contributed by atoms with Crippen molar-refractivity contribution >= 4 is 35.0 Å². The highest BCUT2D eigenvalue weighted by molar-refractivity contribution is 7.71. The number of hydrogen-bond donors (Lipinski definition) is 2. The van der Waals surface area contributed by atoms with Crippen LogP contribution in [0.4, 0.5) is 5.95 Å². The van der Waals surface area contributed by atoms with E-state index in [1.54, 1.807) is 24.3 Å². The average molecular weight is 361 g/mol. The smallest absolute Gasteiger partial charge is 0.390 e. The van der Waals surface area contributed by atoms with Crippen LogP contribution < -0.4 is 11.0 Å². The van der Waals surface area contributed by atoms with E-state index in [1.165, 1.54) is 4.68 Å². The summed E-state index contributed by atoms with van der Waals surface area (Å²) in [5, 5.41) is 14.5. The number of aromatic amines is 1. The van der Waals surface area contributed by atoms with Crippen molar-refractivity contribution in [3.8, 4) is 0 Å². The molecule has 0 bridgehead atoms. The van der Waals surface area contributed by atoms with Crippen LogP contribution >= 0.6 is 12.2 Å². The van der Waals surface area contributed by atoms with Crippen molar-refractivity contribution in [2.24, 2.45) is 0 Å². The number of carbonyl (C=O) groups excluding carboxylic acids is 1.